The molecule has 0 radical (unpaired) electrons. The van der Waals surface area contributed by atoms with E-state index in [4.69, 9.17) is 0 Å². The summed E-state index contributed by atoms with van der Waals surface area (Å²) in [7, 11) is 0. The molecule has 138 valence electrons. The van der Waals surface area contributed by atoms with Gasteiger partial charge < -0.3 is 10.2 Å². The lowest BCUT2D eigenvalue weighted by Gasteiger charge is -2.24. The number of benzene rings is 2. The van der Waals surface area contributed by atoms with Gasteiger partial charge in [-0.25, -0.2) is 0 Å². The predicted octanol–water partition coefficient (Wildman–Crippen LogP) is 4.83. The molecule has 0 aliphatic rings. The van der Waals surface area contributed by atoms with Crippen LogP contribution in [-0.2, 0) is 0 Å². The summed E-state index contributed by atoms with van der Waals surface area (Å²) >= 11 is 0. The third kappa shape index (κ3) is 5.93. The zero-order valence-electron chi connectivity index (χ0n) is 15.4. The van der Waals surface area contributed by atoms with Crippen molar-refractivity contribution < 1.29 is 4.92 Å². The van der Waals surface area contributed by atoms with Crippen LogP contribution < -0.4 is 10.2 Å². The molecule has 1 N–H and O–H groups in total. The molecule has 2 rings (SSSR count). The molecule has 2 aromatic rings. The minimum Gasteiger partial charge on any atom is -0.371 e. The number of anilines is 1. The van der Waals surface area contributed by atoms with E-state index in [2.05, 4.69) is 41.2 Å². The summed E-state index contributed by atoms with van der Waals surface area (Å²) in [5, 5.41) is 22.4. The lowest BCUT2D eigenvalue weighted by atomic mass is 10.2. The molecule has 7 nitrogen and oxygen atoms in total. The molecule has 0 bridgehead atoms. The Bertz CT molecular complexity index is 727. The van der Waals surface area contributed by atoms with Gasteiger partial charge in [-0.1, -0.05) is 13.8 Å². The fraction of sp³-hybridized carbons (Fsp3) is 0.368. The highest BCUT2D eigenvalue weighted by molar-refractivity contribution is 5.53. The van der Waals surface area contributed by atoms with E-state index in [1.807, 2.05) is 24.3 Å². The molecule has 0 spiro atoms. The van der Waals surface area contributed by atoms with Crippen molar-refractivity contribution in [2.45, 2.75) is 26.8 Å². The molecular weight excluding hydrogens is 330 g/mol. The van der Waals surface area contributed by atoms with Crippen molar-refractivity contribution in [1.82, 2.24) is 5.32 Å². The Kier molecular flexibility index (Phi) is 7.23. The lowest BCUT2D eigenvalue weighted by molar-refractivity contribution is -0.384. The number of nitro groups is 1. The van der Waals surface area contributed by atoms with Crippen molar-refractivity contribution in [3.05, 3.63) is 58.6 Å². The Balaban J connectivity index is 1.98. The standard InChI is InChI=1S/C19H25N5O2/c1-4-23(14-13-20-15(2)3)18-9-5-16(6-10-18)21-22-17-7-11-19(12-8-17)24(25)26/h5-12,15,20H,4,13-14H2,1-3H3. The van der Waals surface area contributed by atoms with E-state index in [0.29, 0.717) is 11.7 Å². The van der Waals surface area contributed by atoms with Gasteiger partial charge in [0.2, 0.25) is 0 Å². The summed E-state index contributed by atoms with van der Waals surface area (Å²) in [6.07, 6.45) is 0. The Morgan fingerprint density at radius 1 is 1.04 bits per heavy atom. The van der Waals surface area contributed by atoms with Crippen LogP contribution >= 0.6 is 0 Å². The van der Waals surface area contributed by atoms with Gasteiger partial charge in [0.15, 0.2) is 0 Å². The normalized spacial score (nSPS) is 11.2. The van der Waals surface area contributed by atoms with Gasteiger partial charge in [-0.3, -0.25) is 10.1 Å². The summed E-state index contributed by atoms with van der Waals surface area (Å²) in [5.41, 5.74) is 2.50. The Morgan fingerprint density at radius 3 is 2.04 bits per heavy atom. The van der Waals surface area contributed by atoms with E-state index >= 15 is 0 Å². The van der Waals surface area contributed by atoms with E-state index in [-0.39, 0.29) is 5.69 Å². The van der Waals surface area contributed by atoms with Crippen LogP contribution in [0.15, 0.2) is 58.8 Å². The second-order valence-electron chi connectivity index (χ2n) is 6.18. The number of nitrogens with one attached hydrogen (secondary N) is 1. The highest BCUT2D eigenvalue weighted by Gasteiger charge is 2.05. The smallest absolute Gasteiger partial charge is 0.269 e. The number of hydrogen-bond acceptors (Lipinski definition) is 6. The minimum absolute atomic E-state index is 0.0416. The van der Waals surface area contributed by atoms with Crippen LogP contribution in [0.5, 0.6) is 0 Å². The number of rotatable bonds is 9. The van der Waals surface area contributed by atoms with E-state index in [1.165, 1.54) is 12.1 Å². The van der Waals surface area contributed by atoms with Gasteiger partial charge in [-0.15, -0.1) is 0 Å². The molecule has 0 fully saturated rings. The second-order valence-corrected chi connectivity index (χ2v) is 6.18. The van der Waals surface area contributed by atoms with Crippen LogP contribution in [0, 0.1) is 10.1 Å². The highest BCUT2D eigenvalue weighted by atomic mass is 16.6. The first-order valence-electron chi connectivity index (χ1n) is 8.74. The molecule has 2 aromatic carbocycles. The summed E-state index contributed by atoms with van der Waals surface area (Å²) in [4.78, 5) is 12.5. The Hall–Kier alpha value is -2.80. The van der Waals surface area contributed by atoms with Crippen molar-refractivity contribution in [2.75, 3.05) is 24.5 Å². The van der Waals surface area contributed by atoms with E-state index < -0.39 is 4.92 Å². The molecule has 26 heavy (non-hydrogen) atoms. The topological polar surface area (TPSA) is 83.1 Å². The number of likely N-dealkylation sites (N-methyl/N-ethyl adjacent to an activating group) is 1. The highest BCUT2D eigenvalue weighted by Crippen LogP contribution is 2.23. The maximum Gasteiger partial charge on any atom is 0.269 e. The van der Waals surface area contributed by atoms with Crippen LogP contribution in [0.3, 0.4) is 0 Å². The molecule has 0 amide bonds. The molecule has 0 heterocycles. The van der Waals surface area contributed by atoms with E-state index in [1.54, 1.807) is 12.1 Å². The molecule has 0 aliphatic carbocycles. The van der Waals surface area contributed by atoms with Crippen LogP contribution in [0.25, 0.3) is 0 Å². The summed E-state index contributed by atoms with van der Waals surface area (Å²) in [5.74, 6) is 0. The fourth-order valence-corrected chi connectivity index (χ4v) is 2.44. The van der Waals surface area contributed by atoms with Crippen LogP contribution in [0.4, 0.5) is 22.7 Å². The molecule has 0 saturated carbocycles. The molecular formula is C19H25N5O2. The zero-order valence-corrected chi connectivity index (χ0v) is 15.4. The number of nitro benzene ring substituents is 1. The molecule has 0 aromatic heterocycles. The summed E-state index contributed by atoms with van der Waals surface area (Å²) in [6.45, 7) is 9.23. The second kappa shape index (κ2) is 9.62. The van der Waals surface area contributed by atoms with Gasteiger partial charge >= 0.3 is 0 Å². The van der Waals surface area contributed by atoms with Gasteiger partial charge in [-0.2, -0.15) is 10.2 Å². The van der Waals surface area contributed by atoms with Crippen LogP contribution in [-0.4, -0.2) is 30.6 Å². The van der Waals surface area contributed by atoms with Crippen molar-refractivity contribution in [3.63, 3.8) is 0 Å². The molecule has 7 heteroatoms. The van der Waals surface area contributed by atoms with E-state index in [0.717, 1.165) is 31.0 Å². The zero-order chi connectivity index (χ0) is 18.9. The third-order valence-corrected chi connectivity index (χ3v) is 3.87. The maximum absolute atomic E-state index is 10.6. The first kappa shape index (κ1) is 19.5. The maximum atomic E-state index is 10.6. The number of azo groups is 1. The summed E-state index contributed by atoms with van der Waals surface area (Å²) < 4.78 is 0. The SMILES string of the molecule is CCN(CCNC(C)C)c1ccc(N=Nc2ccc([N+](=O)[O-])cc2)cc1. The molecule has 0 unspecified atom stereocenters. The lowest BCUT2D eigenvalue weighted by Crippen LogP contribution is -2.34. The fourth-order valence-electron chi connectivity index (χ4n) is 2.44. The quantitative estimate of drug-likeness (QED) is 0.396. The van der Waals surface area contributed by atoms with Gasteiger partial charge in [-0.05, 0) is 43.3 Å². The van der Waals surface area contributed by atoms with Gasteiger partial charge in [0.05, 0.1) is 16.3 Å². The average molecular weight is 355 g/mol. The van der Waals surface area contributed by atoms with Crippen LogP contribution in [0.2, 0.25) is 0 Å². The minimum atomic E-state index is -0.435. The predicted molar refractivity (Wildman–Crippen MR) is 105 cm³/mol. The molecule has 0 saturated heterocycles. The first-order valence-corrected chi connectivity index (χ1v) is 8.74. The van der Waals surface area contributed by atoms with Crippen molar-refractivity contribution in [3.8, 4) is 0 Å². The van der Waals surface area contributed by atoms with Gasteiger partial charge in [0.1, 0.15) is 0 Å². The third-order valence-electron chi connectivity index (χ3n) is 3.87. The molecule has 0 aliphatic heterocycles. The van der Waals surface area contributed by atoms with Crippen molar-refractivity contribution in [1.29, 1.82) is 0 Å². The van der Waals surface area contributed by atoms with Gasteiger partial charge in [0.25, 0.3) is 5.69 Å². The molecule has 0 atom stereocenters. The number of nitrogens with zero attached hydrogens (tertiary/aromatic N) is 4. The van der Waals surface area contributed by atoms with E-state index in [9.17, 15) is 10.1 Å². The van der Waals surface area contributed by atoms with Crippen molar-refractivity contribution in [2.24, 2.45) is 10.2 Å². The first-order chi connectivity index (χ1) is 12.5. The largest absolute Gasteiger partial charge is 0.371 e. The number of hydrogen-bond donors (Lipinski definition) is 1. The summed E-state index contributed by atoms with van der Waals surface area (Å²) in [6, 6.07) is 14.4. The van der Waals surface area contributed by atoms with Crippen molar-refractivity contribution >= 4 is 22.7 Å². The number of non-ortho nitro benzene ring substituents is 1. The Labute approximate surface area is 153 Å². The average Bonchev–Trinajstić information content (AvgIpc) is 2.64. The van der Waals surface area contributed by atoms with Crippen LogP contribution in [0.1, 0.15) is 20.8 Å². The monoisotopic (exact) mass is 355 g/mol. The van der Waals surface area contributed by atoms with Gasteiger partial charge in [0, 0.05) is 43.5 Å². The Morgan fingerprint density at radius 2 is 1.58 bits per heavy atom.